The van der Waals surface area contributed by atoms with E-state index in [-0.39, 0.29) is 24.0 Å². The molecule has 0 fully saturated rings. The van der Waals surface area contributed by atoms with Gasteiger partial charge in [0.25, 0.3) is 0 Å². The van der Waals surface area contributed by atoms with Crippen LogP contribution in [0.4, 0.5) is 4.39 Å². The first-order chi connectivity index (χ1) is 16.6. The molecule has 0 unspecified atom stereocenters. The van der Waals surface area contributed by atoms with Crippen molar-refractivity contribution in [3.05, 3.63) is 113 Å². The summed E-state index contributed by atoms with van der Waals surface area (Å²) < 4.78 is 30.4. The second kappa shape index (κ2) is 9.19. The molecule has 0 bridgehead atoms. The van der Waals surface area contributed by atoms with Crippen molar-refractivity contribution < 1.29 is 23.4 Å². The average molecular weight is 453 g/mol. The van der Waals surface area contributed by atoms with E-state index in [4.69, 9.17) is 14.2 Å². The number of halogens is 1. The smallest absolute Gasteiger partial charge is 0.363 e. The lowest BCUT2D eigenvalue weighted by molar-refractivity contribution is -0.129. The van der Waals surface area contributed by atoms with E-state index in [1.165, 1.54) is 13.2 Å². The number of benzene rings is 4. The molecule has 0 aliphatic carbocycles. The maximum atomic E-state index is 13.9. The number of carbonyl (C=O) groups is 1. The van der Waals surface area contributed by atoms with Crippen LogP contribution in [0.5, 0.6) is 11.5 Å². The molecule has 0 radical (unpaired) electrons. The molecule has 34 heavy (non-hydrogen) atoms. The van der Waals surface area contributed by atoms with Crippen molar-refractivity contribution in [1.82, 2.24) is 0 Å². The number of aliphatic imine (C=N–C) groups is 1. The number of methoxy groups -OCH3 is 1. The number of carbonyl (C=O) groups excluding carboxylic acids is 1. The van der Waals surface area contributed by atoms with Crippen LogP contribution in [-0.2, 0) is 16.1 Å². The summed E-state index contributed by atoms with van der Waals surface area (Å²) in [6.07, 6.45) is 1.62. The van der Waals surface area contributed by atoms with Gasteiger partial charge in [0, 0.05) is 11.1 Å². The van der Waals surface area contributed by atoms with Crippen LogP contribution in [0, 0.1) is 5.82 Å². The molecule has 4 aromatic carbocycles. The summed E-state index contributed by atoms with van der Waals surface area (Å²) in [7, 11) is 1.52. The van der Waals surface area contributed by atoms with Crippen LogP contribution >= 0.6 is 0 Å². The highest BCUT2D eigenvalue weighted by atomic mass is 19.1. The highest BCUT2D eigenvalue weighted by Crippen LogP contribution is 2.31. The summed E-state index contributed by atoms with van der Waals surface area (Å²) >= 11 is 0. The van der Waals surface area contributed by atoms with E-state index in [0.717, 1.165) is 16.3 Å². The number of fused-ring (bicyclic) bond motifs is 1. The summed E-state index contributed by atoms with van der Waals surface area (Å²) in [5, 5.41) is 2.13. The fraction of sp³-hybridized carbons (Fsp3) is 0.0714. The number of esters is 1. The average Bonchev–Trinajstić information content (AvgIpc) is 3.23. The Morgan fingerprint density at radius 2 is 1.71 bits per heavy atom. The van der Waals surface area contributed by atoms with Gasteiger partial charge in [-0.1, -0.05) is 54.6 Å². The van der Waals surface area contributed by atoms with E-state index >= 15 is 0 Å². The third-order valence-electron chi connectivity index (χ3n) is 5.45. The zero-order chi connectivity index (χ0) is 23.5. The third kappa shape index (κ3) is 4.38. The normalized spacial score (nSPS) is 14.2. The number of ether oxygens (including phenoxy) is 3. The Kier molecular flexibility index (Phi) is 5.79. The predicted molar refractivity (Wildman–Crippen MR) is 128 cm³/mol. The lowest BCUT2D eigenvalue weighted by Crippen LogP contribution is -2.05. The fourth-order valence-corrected chi connectivity index (χ4v) is 3.68. The van der Waals surface area contributed by atoms with Gasteiger partial charge in [-0.2, -0.15) is 0 Å². The molecule has 0 amide bonds. The number of rotatable bonds is 6. The molecular weight excluding hydrogens is 433 g/mol. The van der Waals surface area contributed by atoms with Gasteiger partial charge in [-0.25, -0.2) is 14.2 Å². The maximum absolute atomic E-state index is 13.9. The monoisotopic (exact) mass is 453 g/mol. The SMILES string of the molecule is COc1cc(/C=C2\N=C(c3ccc4ccccc4c3)OC2=O)ccc1OCc1ccccc1F. The molecule has 5 nitrogen and oxygen atoms in total. The Morgan fingerprint density at radius 3 is 2.53 bits per heavy atom. The first-order valence-corrected chi connectivity index (χ1v) is 10.7. The summed E-state index contributed by atoms with van der Waals surface area (Å²) in [4.78, 5) is 16.8. The molecule has 0 saturated heterocycles. The highest BCUT2D eigenvalue weighted by Gasteiger charge is 2.24. The molecule has 6 heteroatoms. The molecular formula is C28H20FNO4. The van der Waals surface area contributed by atoms with Gasteiger partial charge in [-0.15, -0.1) is 0 Å². The quantitative estimate of drug-likeness (QED) is 0.269. The van der Waals surface area contributed by atoms with Gasteiger partial charge in [0.2, 0.25) is 5.90 Å². The molecule has 0 N–H and O–H groups in total. The van der Waals surface area contributed by atoms with Gasteiger partial charge in [-0.05, 0) is 52.7 Å². The molecule has 1 heterocycles. The zero-order valence-electron chi connectivity index (χ0n) is 18.3. The second-order valence-corrected chi connectivity index (χ2v) is 7.69. The minimum absolute atomic E-state index is 0.0647. The minimum atomic E-state index is -0.526. The summed E-state index contributed by atoms with van der Waals surface area (Å²) in [5.41, 5.74) is 2.04. The van der Waals surface area contributed by atoms with E-state index in [1.54, 1.807) is 42.5 Å². The van der Waals surface area contributed by atoms with E-state index in [9.17, 15) is 9.18 Å². The van der Waals surface area contributed by atoms with E-state index in [0.29, 0.717) is 22.6 Å². The molecule has 168 valence electrons. The Balaban J connectivity index is 1.38. The van der Waals surface area contributed by atoms with Crippen LogP contribution in [0.25, 0.3) is 16.8 Å². The maximum Gasteiger partial charge on any atom is 0.363 e. The lowest BCUT2D eigenvalue weighted by Gasteiger charge is -2.12. The van der Waals surface area contributed by atoms with Crippen LogP contribution in [0.1, 0.15) is 16.7 Å². The van der Waals surface area contributed by atoms with Crippen molar-refractivity contribution in [2.24, 2.45) is 4.99 Å². The first-order valence-electron chi connectivity index (χ1n) is 10.7. The largest absolute Gasteiger partial charge is 0.493 e. The van der Waals surface area contributed by atoms with Gasteiger partial charge in [0.15, 0.2) is 17.2 Å². The summed E-state index contributed by atoms with van der Waals surface area (Å²) in [6, 6.07) is 25.4. The standard InChI is InChI=1S/C28H20FNO4/c1-32-26-15-18(10-13-25(26)33-17-22-8-4-5-9-23(22)29)14-24-28(31)34-27(30-24)21-12-11-19-6-2-3-7-20(19)16-21/h2-16H,17H2,1H3/b24-14-. The Morgan fingerprint density at radius 1 is 0.912 bits per heavy atom. The molecule has 0 atom stereocenters. The van der Waals surface area contributed by atoms with Crippen molar-refractivity contribution in [2.45, 2.75) is 6.61 Å². The van der Waals surface area contributed by atoms with Crippen LogP contribution in [0.3, 0.4) is 0 Å². The van der Waals surface area contributed by atoms with Crippen LogP contribution in [0.2, 0.25) is 0 Å². The molecule has 0 spiro atoms. The number of hydrogen-bond acceptors (Lipinski definition) is 5. The van der Waals surface area contributed by atoms with Crippen molar-refractivity contribution >= 4 is 28.7 Å². The van der Waals surface area contributed by atoms with Gasteiger partial charge >= 0.3 is 5.97 Å². The fourth-order valence-electron chi connectivity index (χ4n) is 3.68. The highest BCUT2D eigenvalue weighted by molar-refractivity contribution is 6.13. The minimum Gasteiger partial charge on any atom is -0.493 e. The van der Waals surface area contributed by atoms with Crippen molar-refractivity contribution in [3.63, 3.8) is 0 Å². The van der Waals surface area contributed by atoms with Crippen molar-refractivity contribution in [1.29, 1.82) is 0 Å². The number of cyclic esters (lactones) is 1. The molecule has 1 aliphatic rings. The number of nitrogens with zero attached hydrogens (tertiary/aromatic N) is 1. The van der Waals surface area contributed by atoms with E-state index in [1.807, 2.05) is 42.5 Å². The zero-order valence-corrected chi connectivity index (χ0v) is 18.3. The van der Waals surface area contributed by atoms with Gasteiger partial charge in [0.1, 0.15) is 12.4 Å². The molecule has 0 saturated carbocycles. The van der Waals surface area contributed by atoms with E-state index in [2.05, 4.69) is 4.99 Å². The second-order valence-electron chi connectivity index (χ2n) is 7.69. The first kappa shape index (κ1) is 21.4. The van der Waals surface area contributed by atoms with Gasteiger partial charge in [0.05, 0.1) is 7.11 Å². The van der Waals surface area contributed by atoms with E-state index < -0.39 is 5.97 Å². The Bertz CT molecular complexity index is 1460. The topological polar surface area (TPSA) is 57.1 Å². The van der Waals surface area contributed by atoms with Crippen molar-refractivity contribution in [2.75, 3.05) is 7.11 Å². The van der Waals surface area contributed by atoms with Crippen LogP contribution in [0.15, 0.2) is 95.6 Å². The van der Waals surface area contributed by atoms with Crippen LogP contribution < -0.4 is 9.47 Å². The molecule has 1 aliphatic heterocycles. The predicted octanol–water partition coefficient (Wildman–Crippen LogP) is 5.91. The molecule has 0 aromatic heterocycles. The van der Waals surface area contributed by atoms with Crippen LogP contribution in [-0.4, -0.2) is 19.0 Å². The van der Waals surface area contributed by atoms with Gasteiger partial charge < -0.3 is 14.2 Å². The lowest BCUT2D eigenvalue weighted by atomic mass is 10.1. The Labute approximate surface area is 195 Å². The third-order valence-corrected chi connectivity index (χ3v) is 5.45. The van der Waals surface area contributed by atoms with Crippen molar-refractivity contribution in [3.8, 4) is 11.5 Å². The molecule has 5 rings (SSSR count). The summed E-state index contributed by atoms with van der Waals surface area (Å²) in [5.74, 6) is 0.321. The summed E-state index contributed by atoms with van der Waals surface area (Å²) in [6.45, 7) is 0.0647. The molecule has 4 aromatic rings. The Hall–Kier alpha value is -4.45. The number of hydrogen-bond donors (Lipinski definition) is 0. The van der Waals surface area contributed by atoms with Gasteiger partial charge in [-0.3, -0.25) is 0 Å².